The maximum atomic E-state index is 6.09. The van der Waals surface area contributed by atoms with E-state index in [9.17, 15) is 0 Å². The monoisotopic (exact) mass is 288 g/mol. The van der Waals surface area contributed by atoms with Crippen molar-refractivity contribution in [2.45, 2.75) is 46.7 Å². The lowest BCUT2D eigenvalue weighted by molar-refractivity contribution is 0.555. The van der Waals surface area contributed by atoms with Crippen LogP contribution in [0, 0.1) is 13.8 Å². The van der Waals surface area contributed by atoms with Crippen LogP contribution in [0.25, 0.3) is 0 Å². The van der Waals surface area contributed by atoms with Crippen molar-refractivity contribution in [1.82, 2.24) is 20.4 Å². The summed E-state index contributed by atoms with van der Waals surface area (Å²) in [5.41, 5.74) is 1.91. The molecule has 4 nitrogen and oxygen atoms in total. The van der Waals surface area contributed by atoms with Crippen LogP contribution >= 0.6 is 23.8 Å². The van der Waals surface area contributed by atoms with Crippen LogP contribution in [0.1, 0.15) is 31.7 Å². The van der Waals surface area contributed by atoms with E-state index in [0.717, 1.165) is 35.9 Å². The van der Waals surface area contributed by atoms with Crippen molar-refractivity contribution in [3.8, 4) is 0 Å². The molecule has 1 rings (SSSR count). The van der Waals surface area contributed by atoms with Gasteiger partial charge in [0.25, 0.3) is 0 Å². The average molecular weight is 289 g/mol. The van der Waals surface area contributed by atoms with Crippen molar-refractivity contribution in [3.63, 3.8) is 0 Å². The van der Waals surface area contributed by atoms with E-state index in [1.165, 1.54) is 0 Å². The molecule has 0 amide bonds. The number of rotatable bonds is 5. The molecule has 0 fully saturated rings. The van der Waals surface area contributed by atoms with Gasteiger partial charge in [-0.3, -0.25) is 4.68 Å². The van der Waals surface area contributed by atoms with E-state index in [-0.39, 0.29) is 0 Å². The van der Waals surface area contributed by atoms with Crippen LogP contribution in [-0.4, -0.2) is 27.5 Å². The van der Waals surface area contributed by atoms with Crippen molar-refractivity contribution in [2.75, 3.05) is 6.54 Å². The van der Waals surface area contributed by atoms with Gasteiger partial charge in [0.2, 0.25) is 0 Å². The molecule has 0 aliphatic heterocycles. The third-order valence-corrected chi connectivity index (χ3v) is 3.35. The second kappa shape index (κ2) is 6.95. The van der Waals surface area contributed by atoms with Gasteiger partial charge in [0, 0.05) is 19.1 Å². The highest BCUT2D eigenvalue weighted by molar-refractivity contribution is 7.80. The van der Waals surface area contributed by atoms with E-state index in [0.29, 0.717) is 11.2 Å². The molecule has 0 radical (unpaired) electrons. The van der Waals surface area contributed by atoms with Gasteiger partial charge in [0.1, 0.15) is 0 Å². The molecular formula is C12H21ClN4S. The molecular weight excluding hydrogens is 268 g/mol. The minimum atomic E-state index is 0.361. The third-order valence-electron chi connectivity index (χ3n) is 2.55. The number of nitrogens with zero attached hydrogens (tertiary/aromatic N) is 2. The molecule has 0 unspecified atom stereocenters. The number of halogens is 1. The molecule has 0 saturated heterocycles. The summed E-state index contributed by atoms with van der Waals surface area (Å²) in [5.74, 6) is 0. The Hall–Kier alpha value is -0.810. The van der Waals surface area contributed by atoms with Crippen LogP contribution in [0.2, 0.25) is 5.02 Å². The maximum Gasteiger partial charge on any atom is 0.166 e. The van der Waals surface area contributed by atoms with Gasteiger partial charge >= 0.3 is 0 Å². The van der Waals surface area contributed by atoms with Gasteiger partial charge in [-0.2, -0.15) is 5.10 Å². The largest absolute Gasteiger partial charge is 0.363 e. The van der Waals surface area contributed by atoms with E-state index < -0.39 is 0 Å². The van der Waals surface area contributed by atoms with Crippen LogP contribution < -0.4 is 10.6 Å². The van der Waals surface area contributed by atoms with E-state index >= 15 is 0 Å². The summed E-state index contributed by atoms with van der Waals surface area (Å²) in [6, 6.07) is 0.361. The molecule has 1 heterocycles. The second-order valence-electron chi connectivity index (χ2n) is 4.62. The fourth-order valence-corrected chi connectivity index (χ4v) is 2.11. The summed E-state index contributed by atoms with van der Waals surface area (Å²) < 4.78 is 1.94. The van der Waals surface area contributed by atoms with Crippen molar-refractivity contribution < 1.29 is 0 Å². The fraction of sp³-hybridized carbons (Fsp3) is 0.667. The number of thiocarbonyl (C=S) groups is 1. The van der Waals surface area contributed by atoms with Crippen molar-refractivity contribution in [3.05, 3.63) is 16.4 Å². The Morgan fingerprint density at radius 1 is 1.44 bits per heavy atom. The molecule has 1 aromatic rings. The Morgan fingerprint density at radius 3 is 2.61 bits per heavy atom. The predicted molar refractivity (Wildman–Crippen MR) is 80.2 cm³/mol. The summed E-state index contributed by atoms with van der Waals surface area (Å²) in [4.78, 5) is 0. The van der Waals surface area contributed by atoms with Crippen LogP contribution in [0.3, 0.4) is 0 Å². The Balaban J connectivity index is 2.30. The van der Waals surface area contributed by atoms with Crippen molar-refractivity contribution in [2.24, 2.45) is 0 Å². The molecule has 0 bridgehead atoms. The maximum absolute atomic E-state index is 6.09. The highest BCUT2D eigenvalue weighted by Crippen LogP contribution is 2.18. The molecule has 1 aromatic heterocycles. The van der Waals surface area contributed by atoms with Crippen LogP contribution in [-0.2, 0) is 6.54 Å². The molecule has 0 aliphatic carbocycles. The van der Waals surface area contributed by atoms with E-state index in [1.54, 1.807) is 0 Å². The van der Waals surface area contributed by atoms with E-state index in [1.807, 2.05) is 18.5 Å². The number of nitrogens with one attached hydrogen (secondary N) is 2. The first-order chi connectivity index (χ1) is 8.41. The third kappa shape index (κ3) is 4.46. The molecule has 0 saturated carbocycles. The zero-order valence-electron chi connectivity index (χ0n) is 11.4. The Kier molecular flexibility index (Phi) is 5.88. The molecule has 102 valence electrons. The SMILES string of the molecule is Cc1nn(CCCNC(=S)NC(C)C)c(C)c1Cl. The lowest BCUT2D eigenvalue weighted by atomic mass is 10.4. The lowest BCUT2D eigenvalue weighted by Gasteiger charge is -2.13. The number of aromatic nitrogens is 2. The molecule has 0 spiro atoms. The van der Waals surface area contributed by atoms with Crippen LogP contribution in [0.4, 0.5) is 0 Å². The molecule has 0 atom stereocenters. The smallest absolute Gasteiger partial charge is 0.166 e. The number of hydrogen-bond donors (Lipinski definition) is 2. The highest BCUT2D eigenvalue weighted by atomic mass is 35.5. The van der Waals surface area contributed by atoms with Gasteiger partial charge in [0.15, 0.2) is 5.11 Å². The first-order valence-electron chi connectivity index (χ1n) is 6.15. The van der Waals surface area contributed by atoms with E-state index in [4.69, 9.17) is 23.8 Å². The van der Waals surface area contributed by atoms with Crippen molar-refractivity contribution in [1.29, 1.82) is 0 Å². The van der Waals surface area contributed by atoms with Gasteiger partial charge in [-0.1, -0.05) is 11.6 Å². The highest BCUT2D eigenvalue weighted by Gasteiger charge is 2.08. The first kappa shape index (κ1) is 15.2. The second-order valence-corrected chi connectivity index (χ2v) is 5.40. The molecule has 2 N–H and O–H groups in total. The quantitative estimate of drug-likeness (QED) is 0.645. The van der Waals surface area contributed by atoms with Gasteiger partial charge in [0.05, 0.1) is 16.4 Å². The van der Waals surface area contributed by atoms with Crippen molar-refractivity contribution >= 4 is 28.9 Å². The standard InChI is InChI=1S/C12H21ClN4S/c1-8(2)15-12(18)14-6-5-7-17-10(4)11(13)9(3)16-17/h8H,5-7H2,1-4H3,(H2,14,15,18). The minimum Gasteiger partial charge on any atom is -0.363 e. The first-order valence-corrected chi connectivity index (χ1v) is 6.94. The fourth-order valence-electron chi connectivity index (χ4n) is 1.64. The molecule has 18 heavy (non-hydrogen) atoms. The minimum absolute atomic E-state index is 0.361. The summed E-state index contributed by atoms with van der Waals surface area (Å²) in [6.45, 7) is 9.70. The number of hydrogen-bond acceptors (Lipinski definition) is 2. The Labute approximate surface area is 119 Å². The summed E-state index contributed by atoms with van der Waals surface area (Å²) in [5, 5.41) is 12.2. The molecule has 0 aliphatic rings. The topological polar surface area (TPSA) is 41.9 Å². The van der Waals surface area contributed by atoms with Gasteiger partial charge in [-0.05, 0) is 46.3 Å². The zero-order chi connectivity index (χ0) is 13.7. The average Bonchev–Trinajstić information content (AvgIpc) is 2.51. The molecule has 0 aromatic carbocycles. The molecule has 6 heteroatoms. The summed E-state index contributed by atoms with van der Waals surface area (Å²) >= 11 is 11.2. The van der Waals surface area contributed by atoms with E-state index in [2.05, 4.69) is 29.6 Å². The Bertz CT molecular complexity index is 414. The normalized spacial score (nSPS) is 10.8. The van der Waals surface area contributed by atoms with Crippen LogP contribution in [0.5, 0.6) is 0 Å². The van der Waals surface area contributed by atoms with Gasteiger partial charge in [-0.15, -0.1) is 0 Å². The van der Waals surface area contributed by atoms with Crippen LogP contribution in [0.15, 0.2) is 0 Å². The summed E-state index contributed by atoms with van der Waals surface area (Å²) in [6.07, 6.45) is 0.957. The zero-order valence-corrected chi connectivity index (χ0v) is 13.0. The Morgan fingerprint density at radius 2 is 2.11 bits per heavy atom. The summed E-state index contributed by atoms with van der Waals surface area (Å²) in [7, 11) is 0. The van der Waals surface area contributed by atoms with Gasteiger partial charge in [-0.25, -0.2) is 0 Å². The van der Waals surface area contributed by atoms with Gasteiger partial charge < -0.3 is 10.6 Å². The number of aryl methyl sites for hydroxylation is 2. The lowest BCUT2D eigenvalue weighted by Crippen LogP contribution is -2.39. The predicted octanol–water partition coefficient (Wildman–Crippen LogP) is 2.42.